The Labute approximate surface area is 102 Å². The molecule has 2 nitrogen and oxygen atoms in total. The van der Waals surface area contributed by atoms with Crippen molar-refractivity contribution in [1.29, 1.82) is 0 Å². The Bertz CT molecular complexity index is 348. The molecule has 0 amide bonds. The fourth-order valence-electron chi connectivity index (χ4n) is 2.19. The molecule has 1 aromatic carbocycles. The van der Waals surface area contributed by atoms with Crippen LogP contribution in [0, 0.1) is 0 Å². The third-order valence-corrected chi connectivity index (χ3v) is 3.19. The Morgan fingerprint density at radius 1 is 1.38 bits per heavy atom. The summed E-state index contributed by atoms with van der Waals surface area (Å²) in [6.45, 7) is 2.68. The summed E-state index contributed by atoms with van der Waals surface area (Å²) >= 11 is 6.01. The molecule has 0 atom stereocenters. The fraction of sp³-hybridized carbons (Fsp3) is 0.538. The van der Waals surface area contributed by atoms with Crippen LogP contribution in [0.5, 0.6) is 5.75 Å². The number of benzene rings is 1. The van der Waals surface area contributed by atoms with Crippen molar-refractivity contribution in [2.24, 2.45) is 0 Å². The van der Waals surface area contributed by atoms with Gasteiger partial charge in [0.05, 0.1) is 12.3 Å². The van der Waals surface area contributed by atoms with Crippen LogP contribution in [0.4, 0.5) is 5.69 Å². The zero-order chi connectivity index (χ0) is 11.4. The highest BCUT2D eigenvalue weighted by Gasteiger charge is 2.16. The fourth-order valence-corrected chi connectivity index (χ4v) is 2.36. The van der Waals surface area contributed by atoms with Gasteiger partial charge in [0.1, 0.15) is 5.75 Å². The highest BCUT2D eigenvalue weighted by molar-refractivity contribution is 6.30. The van der Waals surface area contributed by atoms with Crippen molar-refractivity contribution in [2.75, 3.05) is 11.9 Å². The molecule has 1 saturated carbocycles. The standard InChI is InChI=1S/C13H18ClNO/c1-2-16-13-8-7-10(14)9-12(13)15-11-5-3-4-6-11/h7-9,11,15H,2-6H2,1H3. The van der Waals surface area contributed by atoms with E-state index in [1.54, 1.807) is 0 Å². The minimum atomic E-state index is 0.581. The van der Waals surface area contributed by atoms with Gasteiger partial charge >= 0.3 is 0 Å². The van der Waals surface area contributed by atoms with Crippen LogP contribution in [-0.2, 0) is 0 Å². The number of anilines is 1. The van der Waals surface area contributed by atoms with E-state index in [1.807, 2.05) is 25.1 Å². The maximum Gasteiger partial charge on any atom is 0.142 e. The maximum absolute atomic E-state index is 6.01. The Kier molecular flexibility index (Phi) is 3.94. The van der Waals surface area contributed by atoms with Gasteiger partial charge in [-0.2, -0.15) is 0 Å². The predicted molar refractivity (Wildman–Crippen MR) is 68.5 cm³/mol. The molecule has 3 heteroatoms. The van der Waals surface area contributed by atoms with Crippen molar-refractivity contribution in [3.63, 3.8) is 0 Å². The molecule has 88 valence electrons. The monoisotopic (exact) mass is 239 g/mol. The summed E-state index contributed by atoms with van der Waals surface area (Å²) in [5.41, 5.74) is 1.03. The highest BCUT2D eigenvalue weighted by atomic mass is 35.5. The number of nitrogens with one attached hydrogen (secondary N) is 1. The van der Waals surface area contributed by atoms with Gasteiger partial charge in [0.15, 0.2) is 0 Å². The summed E-state index contributed by atoms with van der Waals surface area (Å²) in [7, 11) is 0. The summed E-state index contributed by atoms with van der Waals surface area (Å²) < 4.78 is 5.58. The molecule has 16 heavy (non-hydrogen) atoms. The first-order chi connectivity index (χ1) is 7.79. The molecule has 2 rings (SSSR count). The lowest BCUT2D eigenvalue weighted by Gasteiger charge is -2.17. The number of hydrogen-bond donors (Lipinski definition) is 1. The van der Waals surface area contributed by atoms with Gasteiger partial charge in [0.2, 0.25) is 0 Å². The summed E-state index contributed by atoms with van der Waals surface area (Å²) in [5, 5.41) is 4.28. The lowest BCUT2D eigenvalue weighted by molar-refractivity contribution is 0.341. The van der Waals surface area contributed by atoms with Gasteiger partial charge in [-0.1, -0.05) is 24.4 Å². The minimum absolute atomic E-state index is 0.581. The van der Waals surface area contributed by atoms with E-state index in [1.165, 1.54) is 25.7 Å². The summed E-state index contributed by atoms with van der Waals surface area (Å²) in [6.07, 6.45) is 5.14. The second-order valence-electron chi connectivity index (χ2n) is 4.20. The SMILES string of the molecule is CCOc1ccc(Cl)cc1NC1CCCC1. The zero-order valence-electron chi connectivity index (χ0n) is 9.63. The van der Waals surface area contributed by atoms with Crippen LogP contribution in [0.25, 0.3) is 0 Å². The molecule has 0 aliphatic heterocycles. The molecule has 1 aliphatic carbocycles. The topological polar surface area (TPSA) is 21.3 Å². The Balaban J connectivity index is 2.12. The van der Waals surface area contributed by atoms with Crippen molar-refractivity contribution >= 4 is 17.3 Å². The van der Waals surface area contributed by atoms with Gasteiger partial charge in [-0.3, -0.25) is 0 Å². The average Bonchev–Trinajstić information content (AvgIpc) is 2.75. The van der Waals surface area contributed by atoms with Gasteiger partial charge in [0, 0.05) is 11.1 Å². The van der Waals surface area contributed by atoms with E-state index < -0.39 is 0 Å². The van der Waals surface area contributed by atoms with E-state index >= 15 is 0 Å². The smallest absolute Gasteiger partial charge is 0.142 e. The van der Waals surface area contributed by atoms with Crippen LogP contribution in [0.15, 0.2) is 18.2 Å². The molecule has 0 saturated heterocycles. The van der Waals surface area contributed by atoms with Crippen molar-refractivity contribution in [2.45, 2.75) is 38.6 Å². The number of hydrogen-bond acceptors (Lipinski definition) is 2. The molecule has 0 aromatic heterocycles. The molecular formula is C13H18ClNO. The summed E-state index contributed by atoms with van der Waals surface area (Å²) in [5.74, 6) is 0.902. The lowest BCUT2D eigenvalue weighted by atomic mass is 10.2. The van der Waals surface area contributed by atoms with Crippen molar-refractivity contribution < 1.29 is 4.74 Å². The average molecular weight is 240 g/mol. The van der Waals surface area contributed by atoms with E-state index in [2.05, 4.69) is 5.32 Å². The predicted octanol–water partition coefficient (Wildman–Crippen LogP) is 4.09. The number of ether oxygens (including phenoxy) is 1. The van der Waals surface area contributed by atoms with E-state index in [0.717, 1.165) is 16.5 Å². The quantitative estimate of drug-likeness (QED) is 0.855. The van der Waals surface area contributed by atoms with Gasteiger partial charge in [0.25, 0.3) is 0 Å². The highest BCUT2D eigenvalue weighted by Crippen LogP contribution is 2.31. The van der Waals surface area contributed by atoms with Gasteiger partial charge < -0.3 is 10.1 Å². The van der Waals surface area contributed by atoms with Gasteiger partial charge in [-0.25, -0.2) is 0 Å². The first-order valence-corrected chi connectivity index (χ1v) is 6.36. The normalized spacial score (nSPS) is 16.4. The van der Waals surface area contributed by atoms with Crippen LogP contribution < -0.4 is 10.1 Å². The maximum atomic E-state index is 6.01. The Morgan fingerprint density at radius 3 is 2.81 bits per heavy atom. The van der Waals surface area contributed by atoms with Crippen LogP contribution in [0.3, 0.4) is 0 Å². The van der Waals surface area contributed by atoms with E-state index in [4.69, 9.17) is 16.3 Å². The van der Waals surface area contributed by atoms with Crippen molar-refractivity contribution in [3.8, 4) is 5.75 Å². The van der Waals surface area contributed by atoms with Crippen molar-refractivity contribution in [1.82, 2.24) is 0 Å². The van der Waals surface area contributed by atoms with Gasteiger partial charge in [-0.15, -0.1) is 0 Å². The Hall–Kier alpha value is -0.890. The van der Waals surface area contributed by atoms with E-state index in [9.17, 15) is 0 Å². The molecule has 0 radical (unpaired) electrons. The largest absolute Gasteiger partial charge is 0.492 e. The third kappa shape index (κ3) is 2.82. The molecule has 0 heterocycles. The molecule has 1 aromatic rings. The third-order valence-electron chi connectivity index (χ3n) is 2.96. The molecular weight excluding hydrogens is 222 g/mol. The van der Waals surface area contributed by atoms with Crippen LogP contribution in [0.1, 0.15) is 32.6 Å². The zero-order valence-corrected chi connectivity index (χ0v) is 10.4. The number of halogens is 1. The summed E-state index contributed by atoms with van der Waals surface area (Å²) in [4.78, 5) is 0. The number of rotatable bonds is 4. The first-order valence-electron chi connectivity index (χ1n) is 5.98. The van der Waals surface area contributed by atoms with Crippen molar-refractivity contribution in [3.05, 3.63) is 23.2 Å². The van der Waals surface area contributed by atoms with Crippen LogP contribution >= 0.6 is 11.6 Å². The first kappa shape index (κ1) is 11.6. The van der Waals surface area contributed by atoms with Gasteiger partial charge in [-0.05, 0) is 38.0 Å². The summed E-state index contributed by atoms with van der Waals surface area (Å²) in [6, 6.07) is 6.33. The molecule has 0 unspecified atom stereocenters. The molecule has 1 aliphatic rings. The van der Waals surface area contributed by atoms with E-state index in [-0.39, 0.29) is 0 Å². The van der Waals surface area contributed by atoms with Crippen LogP contribution in [0.2, 0.25) is 5.02 Å². The molecule has 0 bridgehead atoms. The lowest BCUT2D eigenvalue weighted by Crippen LogP contribution is -2.15. The Morgan fingerprint density at radius 2 is 2.12 bits per heavy atom. The minimum Gasteiger partial charge on any atom is -0.492 e. The molecule has 1 N–H and O–H groups in total. The molecule has 1 fully saturated rings. The second kappa shape index (κ2) is 5.44. The van der Waals surface area contributed by atoms with E-state index in [0.29, 0.717) is 12.6 Å². The molecule has 0 spiro atoms. The second-order valence-corrected chi connectivity index (χ2v) is 4.64. The van der Waals surface area contributed by atoms with Crippen LogP contribution in [-0.4, -0.2) is 12.6 Å².